The molecule has 108 valence electrons. The van der Waals surface area contributed by atoms with Gasteiger partial charge in [-0.2, -0.15) is 5.10 Å². The van der Waals surface area contributed by atoms with Gasteiger partial charge in [-0.15, -0.1) is 0 Å². The van der Waals surface area contributed by atoms with Crippen molar-refractivity contribution in [2.45, 2.75) is 51.1 Å². The van der Waals surface area contributed by atoms with Crippen LogP contribution >= 0.6 is 0 Å². The van der Waals surface area contributed by atoms with Crippen molar-refractivity contribution in [1.29, 1.82) is 0 Å². The van der Waals surface area contributed by atoms with Gasteiger partial charge >= 0.3 is 0 Å². The summed E-state index contributed by atoms with van der Waals surface area (Å²) in [5, 5.41) is 8.27. The predicted octanol–water partition coefficient (Wildman–Crippen LogP) is 3.48. The molecule has 4 heteroatoms. The van der Waals surface area contributed by atoms with Crippen molar-refractivity contribution in [1.82, 2.24) is 15.1 Å². The van der Waals surface area contributed by atoms with Gasteiger partial charge in [-0.25, -0.2) is 0 Å². The summed E-state index contributed by atoms with van der Waals surface area (Å²) in [6.07, 6.45) is 11.8. The molecule has 1 aliphatic carbocycles. The number of hydrogen-bond donors (Lipinski definition) is 1. The van der Waals surface area contributed by atoms with E-state index in [0.29, 0.717) is 6.04 Å². The average molecular weight is 273 g/mol. The molecule has 20 heavy (non-hydrogen) atoms. The highest BCUT2D eigenvalue weighted by molar-refractivity contribution is 5.15. The minimum absolute atomic E-state index is 0.283. The Labute approximate surface area is 120 Å². The molecule has 0 spiro atoms. The first-order valence-electron chi connectivity index (χ1n) is 7.66. The maximum atomic E-state index is 5.20. The van der Waals surface area contributed by atoms with Crippen molar-refractivity contribution in [2.75, 3.05) is 6.54 Å². The highest BCUT2D eigenvalue weighted by atomic mass is 16.3. The van der Waals surface area contributed by atoms with E-state index in [1.54, 1.807) is 6.26 Å². The normalized spacial score (nSPS) is 17.6. The van der Waals surface area contributed by atoms with Crippen molar-refractivity contribution >= 4 is 0 Å². The van der Waals surface area contributed by atoms with E-state index in [1.165, 1.54) is 31.2 Å². The molecule has 0 radical (unpaired) electrons. The number of hydrogen-bond acceptors (Lipinski definition) is 3. The second kappa shape index (κ2) is 6.27. The molecule has 0 bridgehead atoms. The summed E-state index contributed by atoms with van der Waals surface area (Å²) in [4.78, 5) is 0. The second-order valence-electron chi connectivity index (χ2n) is 5.60. The van der Waals surface area contributed by atoms with Crippen LogP contribution in [0, 0.1) is 0 Å². The van der Waals surface area contributed by atoms with Gasteiger partial charge in [-0.1, -0.05) is 19.8 Å². The van der Waals surface area contributed by atoms with Crippen molar-refractivity contribution in [2.24, 2.45) is 0 Å². The molecule has 1 aliphatic rings. The lowest BCUT2D eigenvalue weighted by Gasteiger charge is -2.15. The molecule has 2 aromatic heterocycles. The number of furan rings is 1. The van der Waals surface area contributed by atoms with Crippen LogP contribution in [-0.2, 0) is 6.42 Å². The van der Waals surface area contributed by atoms with E-state index >= 15 is 0 Å². The Balaban J connectivity index is 1.69. The largest absolute Gasteiger partial charge is 0.472 e. The fraction of sp³-hybridized carbons (Fsp3) is 0.562. The van der Waals surface area contributed by atoms with Crippen LogP contribution in [0.3, 0.4) is 0 Å². The Bertz CT molecular complexity index is 512. The minimum atomic E-state index is 0.283. The third kappa shape index (κ3) is 2.96. The van der Waals surface area contributed by atoms with Crippen molar-refractivity contribution in [3.05, 3.63) is 42.1 Å². The molecule has 1 unspecified atom stereocenters. The van der Waals surface area contributed by atoms with Crippen LogP contribution in [0.25, 0.3) is 0 Å². The summed E-state index contributed by atoms with van der Waals surface area (Å²) in [5.74, 6) is 0. The van der Waals surface area contributed by atoms with Gasteiger partial charge in [0.1, 0.15) is 0 Å². The van der Waals surface area contributed by atoms with Crippen LogP contribution in [0.2, 0.25) is 0 Å². The van der Waals surface area contributed by atoms with E-state index in [2.05, 4.69) is 29.2 Å². The van der Waals surface area contributed by atoms with E-state index in [1.807, 2.05) is 12.3 Å². The Morgan fingerprint density at radius 3 is 2.95 bits per heavy atom. The smallest absolute Gasteiger partial charge is 0.0950 e. The van der Waals surface area contributed by atoms with Gasteiger partial charge in [0.25, 0.3) is 0 Å². The maximum Gasteiger partial charge on any atom is 0.0950 e. The Morgan fingerprint density at radius 1 is 1.40 bits per heavy atom. The van der Waals surface area contributed by atoms with Crippen molar-refractivity contribution in [3.8, 4) is 0 Å². The summed E-state index contributed by atoms with van der Waals surface area (Å²) < 4.78 is 7.37. The highest BCUT2D eigenvalue weighted by Crippen LogP contribution is 2.29. The molecule has 1 atom stereocenters. The monoisotopic (exact) mass is 273 g/mol. The minimum Gasteiger partial charge on any atom is -0.472 e. The lowest BCUT2D eigenvalue weighted by Crippen LogP contribution is -2.22. The third-order valence-corrected chi connectivity index (χ3v) is 4.17. The number of aromatic nitrogens is 2. The summed E-state index contributed by atoms with van der Waals surface area (Å²) in [6.45, 7) is 3.07. The van der Waals surface area contributed by atoms with Crippen LogP contribution in [-0.4, -0.2) is 16.3 Å². The van der Waals surface area contributed by atoms with E-state index in [0.717, 1.165) is 18.7 Å². The fourth-order valence-corrected chi connectivity index (χ4v) is 3.10. The van der Waals surface area contributed by atoms with E-state index in [-0.39, 0.29) is 6.04 Å². The first-order chi connectivity index (χ1) is 9.86. The number of rotatable bonds is 6. The summed E-state index contributed by atoms with van der Waals surface area (Å²) in [6, 6.07) is 5.09. The molecule has 0 aliphatic heterocycles. The summed E-state index contributed by atoms with van der Waals surface area (Å²) >= 11 is 0. The number of nitrogens with one attached hydrogen (secondary N) is 1. The van der Waals surface area contributed by atoms with Crippen molar-refractivity contribution < 1.29 is 4.42 Å². The van der Waals surface area contributed by atoms with Gasteiger partial charge in [-0.3, -0.25) is 4.68 Å². The molecule has 1 fully saturated rings. The van der Waals surface area contributed by atoms with Crippen molar-refractivity contribution in [3.63, 3.8) is 0 Å². The molecular formula is C16H23N3O. The molecular weight excluding hydrogens is 250 g/mol. The lowest BCUT2D eigenvalue weighted by molar-refractivity contribution is 0.456. The number of nitrogens with zero attached hydrogens (tertiary/aromatic N) is 2. The molecule has 0 aromatic carbocycles. The van der Waals surface area contributed by atoms with Gasteiger partial charge in [0.05, 0.1) is 24.3 Å². The van der Waals surface area contributed by atoms with Crippen LogP contribution in [0.1, 0.15) is 55.9 Å². The fourth-order valence-electron chi connectivity index (χ4n) is 3.10. The molecule has 1 saturated carbocycles. The Hall–Kier alpha value is -1.55. The SMILES string of the molecule is CCNC(Cc1ccn(C2CCCC2)n1)c1ccoc1. The Morgan fingerprint density at radius 2 is 2.25 bits per heavy atom. The lowest BCUT2D eigenvalue weighted by atomic mass is 10.1. The molecule has 2 aromatic rings. The van der Waals surface area contributed by atoms with Gasteiger partial charge in [-0.05, 0) is 31.5 Å². The Kier molecular flexibility index (Phi) is 4.21. The van der Waals surface area contributed by atoms with Gasteiger partial charge in [0, 0.05) is 24.2 Å². The first-order valence-corrected chi connectivity index (χ1v) is 7.66. The van der Waals surface area contributed by atoms with Crippen LogP contribution in [0.4, 0.5) is 0 Å². The summed E-state index contributed by atoms with van der Waals surface area (Å²) in [5.41, 5.74) is 2.35. The number of likely N-dealkylation sites (N-methyl/N-ethyl adjacent to an activating group) is 1. The van der Waals surface area contributed by atoms with E-state index < -0.39 is 0 Å². The molecule has 1 N–H and O–H groups in total. The van der Waals surface area contributed by atoms with Gasteiger partial charge < -0.3 is 9.73 Å². The standard InChI is InChI=1S/C16H23N3O/c1-2-17-16(13-8-10-20-12-13)11-14-7-9-19(18-14)15-5-3-4-6-15/h7-10,12,15-17H,2-6,11H2,1H3. The zero-order chi connectivity index (χ0) is 13.8. The van der Waals surface area contributed by atoms with E-state index in [9.17, 15) is 0 Å². The summed E-state index contributed by atoms with van der Waals surface area (Å²) in [7, 11) is 0. The topological polar surface area (TPSA) is 43.0 Å². The molecule has 2 heterocycles. The quantitative estimate of drug-likeness (QED) is 0.876. The molecule has 3 rings (SSSR count). The molecule has 0 amide bonds. The van der Waals surface area contributed by atoms with Gasteiger partial charge in [0.15, 0.2) is 0 Å². The first kappa shape index (κ1) is 13.4. The van der Waals surface area contributed by atoms with E-state index in [4.69, 9.17) is 9.52 Å². The molecule has 0 saturated heterocycles. The van der Waals surface area contributed by atoms with Crippen LogP contribution in [0.15, 0.2) is 35.3 Å². The maximum absolute atomic E-state index is 5.20. The molecule has 4 nitrogen and oxygen atoms in total. The third-order valence-electron chi connectivity index (χ3n) is 4.17. The zero-order valence-electron chi connectivity index (χ0n) is 12.1. The van der Waals surface area contributed by atoms with Crippen LogP contribution in [0.5, 0.6) is 0 Å². The zero-order valence-corrected chi connectivity index (χ0v) is 12.1. The second-order valence-corrected chi connectivity index (χ2v) is 5.60. The van der Waals surface area contributed by atoms with Gasteiger partial charge in [0.2, 0.25) is 0 Å². The van der Waals surface area contributed by atoms with Crippen LogP contribution < -0.4 is 5.32 Å². The highest BCUT2D eigenvalue weighted by Gasteiger charge is 2.19. The predicted molar refractivity (Wildman–Crippen MR) is 78.6 cm³/mol. The average Bonchev–Trinajstić information content (AvgIpc) is 3.20.